The van der Waals surface area contributed by atoms with Crippen LogP contribution in [0.4, 0.5) is 0 Å². The zero-order chi connectivity index (χ0) is 11.5. The van der Waals surface area contributed by atoms with Gasteiger partial charge in [0.25, 0.3) is 0 Å². The Bertz CT molecular complexity index is 431. The molecule has 3 aliphatic rings. The Hall–Kier alpha value is -0.580. The van der Waals surface area contributed by atoms with Crippen LogP contribution < -0.4 is 0 Å². The number of carbonyl (C=O) groups is 1. The SMILES string of the molecule is CCC(=O)N1C[C@H]2[C@H]3CC[C@H](C3)[C@H]2S1(=O)=O. The molecular formula is C11H17NO3S. The molecule has 90 valence electrons. The highest BCUT2D eigenvalue weighted by Gasteiger charge is 2.60. The number of hydrogen-bond donors (Lipinski definition) is 0. The molecule has 1 aliphatic heterocycles. The lowest BCUT2D eigenvalue weighted by Gasteiger charge is -2.21. The van der Waals surface area contributed by atoms with Crippen molar-refractivity contribution in [3.05, 3.63) is 0 Å². The second kappa shape index (κ2) is 3.22. The van der Waals surface area contributed by atoms with Crippen molar-refractivity contribution in [2.24, 2.45) is 17.8 Å². The molecule has 2 aliphatic carbocycles. The van der Waals surface area contributed by atoms with E-state index in [0.29, 0.717) is 18.4 Å². The first-order chi connectivity index (χ1) is 7.55. The first-order valence-electron chi connectivity index (χ1n) is 6.10. The molecule has 5 heteroatoms. The minimum Gasteiger partial charge on any atom is -0.274 e. The average Bonchev–Trinajstić information content (AvgIpc) is 2.89. The van der Waals surface area contributed by atoms with Crippen molar-refractivity contribution >= 4 is 15.9 Å². The van der Waals surface area contributed by atoms with E-state index in [9.17, 15) is 13.2 Å². The number of carbonyl (C=O) groups excluding carboxylic acids is 1. The fourth-order valence-electron chi connectivity index (χ4n) is 3.94. The van der Waals surface area contributed by atoms with E-state index in [1.54, 1.807) is 6.92 Å². The lowest BCUT2D eigenvalue weighted by atomic mass is 9.88. The summed E-state index contributed by atoms with van der Waals surface area (Å²) in [6.45, 7) is 2.18. The van der Waals surface area contributed by atoms with Gasteiger partial charge in [-0.1, -0.05) is 6.92 Å². The predicted molar refractivity (Wildman–Crippen MR) is 59.0 cm³/mol. The molecule has 4 atom stereocenters. The summed E-state index contributed by atoms with van der Waals surface area (Å²) >= 11 is 0. The third-order valence-electron chi connectivity index (χ3n) is 4.61. The Morgan fingerprint density at radius 3 is 2.62 bits per heavy atom. The number of fused-ring (bicyclic) bond motifs is 5. The van der Waals surface area contributed by atoms with E-state index in [2.05, 4.69) is 0 Å². The van der Waals surface area contributed by atoms with Crippen LogP contribution in [-0.2, 0) is 14.8 Å². The normalized spacial score (nSPS) is 43.7. The standard InChI is InChI=1S/C11H17NO3S/c1-2-10(13)12-6-9-7-3-4-8(5-7)11(9)16(12,14)15/h7-9,11H,2-6H2,1H3/t7-,8+,9-,11+/m0/s1. The molecule has 16 heavy (non-hydrogen) atoms. The van der Waals surface area contributed by atoms with Gasteiger partial charge in [-0.3, -0.25) is 4.79 Å². The molecular weight excluding hydrogens is 226 g/mol. The maximum Gasteiger partial charge on any atom is 0.240 e. The minimum atomic E-state index is -3.32. The van der Waals surface area contributed by atoms with Crippen LogP contribution in [0.5, 0.6) is 0 Å². The zero-order valence-corrected chi connectivity index (χ0v) is 10.2. The zero-order valence-electron chi connectivity index (χ0n) is 9.43. The maximum atomic E-state index is 12.3. The van der Waals surface area contributed by atoms with Crippen molar-refractivity contribution in [2.75, 3.05) is 6.54 Å². The van der Waals surface area contributed by atoms with Crippen molar-refractivity contribution < 1.29 is 13.2 Å². The molecule has 0 aromatic rings. The summed E-state index contributed by atoms with van der Waals surface area (Å²) in [5, 5.41) is -0.234. The van der Waals surface area contributed by atoms with Crippen LogP contribution in [0.2, 0.25) is 0 Å². The minimum absolute atomic E-state index is 0.228. The second-order valence-electron chi connectivity index (χ2n) is 5.29. The van der Waals surface area contributed by atoms with Crippen molar-refractivity contribution in [3.63, 3.8) is 0 Å². The fourth-order valence-corrected chi connectivity index (χ4v) is 6.51. The molecule has 1 heterocycles. The van der Waals surface area contributed by atoms with E-state index in [1.807, 2.05) is 0 Å². The molecule has 2 saturated carbocycles. The van der Waals surface area contributed by atoms with E-state index in [-0.39, 0.29) is 23.5 Å². The number of sulfonamides is 1. The van der Waals surface area contributed by atoms with Gasteiger partial charge in [-0.15, -0.1) is 0 Å². The monoisotopic (exact) mass is 243 g/mol. The van der Waals surface area contributed by atoms with Gasteiger partial charge in [0, 0.05) is 13.0 Å². The van der Waals surface area contributed by atoms with Crippen LogP contribution in [0.25, 0.3) is 0 Å². The van der Waals surface area contributed by atoms with E-state index < -0.39 is 10.0 Å². The van der Waals surface area contributed by atoms with E-state index in [4.69, 9.17) is 0 Å². The highest BCUT2D eigenvalue weighted by Crippen LogP contribution is 2.55. The summed E-state index contributed by atoms with van der Waals surface area (Å²) < 4.78 is 25.7. The third-order valence-corrected chi connectivity index (χ3v) is 7.00. The quantitative estimate of drug-likeness (QED) is 0.690. The molecule has 0 aromatic carbocycles. The molecule has 4 nitrogen and oxygen atoms in total. The van der Waals surface area contributed by atoms with E-state index in [1.165, 1.54) is 0 Å². The van der Waals surface area contributed by atoms with Gasteiger partial charge in [0.2, 0.25) is 15.9 Å². The Morgan fingerprint density at radius 1 is 1.31 bits per heavy atom. The van der Waals surface area contributed by atoms with Crippen molar-refractivity contribution in [2.45, 2.75) is 37.9 Å². The lowest BCUT2D eigenvalue weighted by molar-refractivity contribution is -0.126. The van der Waals surface area contributed by atoms with Gasteiger partial charge in [0.1, 0.15) is 0 Å². The average molecular weight is 243 g/mol. The summed E-state index contributed by atoms with van der Waals surface area (Å²) in [6, 6.07) is 0. The van der Waals surface area contributed by atoms with Gasteiger partial charge in [0.15, 0.2) is 0 Å². The summed E-state index contributed by atoms with van der Waals surface area (Å²) in [6.07, 6.45) is 3.56. The first kappa shape index (κ1) is 10.6. The number of nitrogens with zero attached hydrogens (tertiary/aromatic N) is 1. The number of rotatable bonds is 1. The Morgan fingerprint density at radius 2 is 2.00 bits per heavy atom. The smallest absolute Gasteiger partial charge is 0.240 e. The third kappa shape index (κ3) is 1.15. The Labute approximate surface area is 96.1 Å². The molecule has 3 rings (SSSR count). The van der Waals surface area contributed by atoms with Gasteiger partial charge < -0.3 is 0 Å². The molecule has 3 fully saturated rings. The molecule has 1 amide bonds. The van der Waals surface area contributed by atoms with Gasteiger partial charge in [-0.2, -0.15) is 0 Å². The molecule has 0 N–H and O–H groups in total. The number of hydrogen-bond acceptors (Lipinski definition) is 3. The van der Waals surface area contributed by atoms with Crippen LogP contribution in [0.3, 0.4) is 0 Å². The Kier molecular flexibility index (Phi) is 2.12. The second-order valence-corrected chi connectivity index (χ2v) is 7.30. The van der Waals surface area contributed by atoms with E-state index in [0.717, 1.165) is 23.6 Å². The van der Waals surface area contributed by atoms with Gasteiger partial charge in [-0.25, -0.2) is 12.7 Å². The van der Waals surface area contributed by atoms with Crippen LogP contribution in [-0.4, -0.2) is 30.4 Å². The molecule has 0 radical (unpaired) electrons. The molecule has 1 saturated heterocycles. The van der Waals surface area contributed by atoms with Crippen LogP contribution in [0, 0.1) is 17.8 Å². The van der Waals surface area contributed by atoms with Crippen LogP contribution in [0.1, 0.15) is 32.6 Å². The molecule has 0 unspecified atom stereocenters. The van der Waals surface area contributed by atoms with Gasteiger partial charge in [-0.05, 0) is 37.0 Å². The predicted octanol–water partition coefficient (Wildman–Crippen LogP) is 0.983. The van der Waals surface area contributed by atoms with Crippen molar-refractivity contribution in [1.29, 1.82) is 0 Å². The largest absolute Gasteiger partial charge is 0.274 e. The Balaban J connectivity index is 1.96. The first-order valence-corrected chi connectivity index (χ1v) is 7.60. The highest BCUT2D eigenvalue weighted by molar-refractivity contribution is 7.90. The van der Waals surface area contributed by atoms with Crippen molar-refractivity contribution in [3.8, 4) is 0 Å². The summed E-state index contributed by atoms with van der Waals surface area (Å²) in [7, 11) is -3.32. The van der Waals surface area contributed by atoms with E-state index >= 15 is 0 Å². The maximum absolute atomic E-state index is 12.3. The van der Waals surface area contributed by atoms with Gasteiger partial charge >= 0.3 is 0 Å². The fraction of sp³-hybridized carbons (Fsp3) is 0.909. The highest BCUT2D eigenvalue weighted by atomic mass is 32.2. The summed E-state index contributed by atoms with van der Waals surface area (Å²) in [5.74, 6) is 0.891. The van der Waals surface area contributed by atoms with Gasteiger partial charge in [0.05, 0.1) is 5.25 Å². The van der Waals surface area contributed by atoms with Crippen molar-refractivity contribution in [1.82, 2.24) is 4.31 Å². The lowest BCUT2D eigenvalue weighted by Crippen LogP contribution is -2.36. The molecule has 0 spiro atoms. The summed E-state index contributed by atoms with van der Waals surface area (Å²) in [5.41, 5.74) is 0. The van der Waals surface area contributed by atoms with Crippen LogP contribution >= 0.6 is 0 Å². The van der Waals surface area contributed by atoms with Crippen LogP contribution in [0.15, 0.2) is 0 Å². The number of amides is 1. The molecule has 2 bridgehead atoms. The topological polar surface area (TPSA) is 54.5 Å². The molecule has 0 aromatic heterocycles. The summed E-state index contributed by atoms with van der Waals surface area (Å²) in [4.78, 5) is 11.6.